The predicted octanol–water partition coefficient (Wildman–Crippen LogP) is 7.16. The number of benzene rings is 3. The monoisotopic (exact) mass is 722 g/mol. The summed E-state index contributed by atoms with van der Waals surface area (Å²) in [7, 11) is 3.39. The fraction of sp³-hybridized carbons (Fsp3) is 0.250. The number of pyridine rings is 1. The van der Waals surface area contributed by atoms with Crippen molar-refractivity contribution in [2.45, 2.75) is 12.7 Å². The van der Waals surface area contributed by atoms with Gasteiger partial charge in [0.15, 0.2) is 11.5 Å². The van der Waals surface area contributed by atoms with Gasteiger partial charge in [-0.2, -0.15) is 13.2 Å². The van der Waals surface area contributed by atoms with E-state index in [0.29, 0.717) is 30.2 Å². The van der Waals surface area contributed by atoms with Crippen LogP contribution in [0.5, 0.6) is 23.1 Å². The maximum Gasteiger partial charge on any atom is 0.416 e. The summed E-state index contributed by atoms with van der Waals surface area (Å²) >= 11 is 0. The zero-order chi connectivity index (χ0) is 35.0. The van der Waals surface area contributed by atoms with Crippen LogP contribution in [-0.2, 0) is 19.8 Å². The van der Waals surface area contributed by atoms with Crippen molar-refractivity contribution in [2.75, 3.05) is 50.2 Å². The number of anilines is 2. The van der Waals surface area contributed by atoms with E-state index in [2.05, 4.69) is 15.2 Å². The van der Waals surface area contributed by atoms with Crippen molar-refractivity contribution in [1.29, 1.82) is 0 Å². The van der Waals surface area contributed by atoms with Gasteiger partial charge < -0.3 is 29.0 Å². The van der Waals surface area contributed by atoms with E-state index < -0.39 is 17.8 Å². The average molecular weight is 723 g/mol. The van der Waals surface area contributed by atoms with Gasteiger partial charge in [0.2, 0.25) is 12.7 Å². The Morgan fingerprint density at radius 2 is 1.67 bits per heavy atom. The molecule has 3 aromatic carbocycles. The van der Waals surface area contributed by atoms with Crippen molar-refractivity contribution >= 4 is 46.6 Å². The van der Waals surface area contributed by atoms with Gasteiger partial charge in [-0.05, 0) is 72.3 Å². The van der Waals surface area contributed by atoms with Gasteiger partial charge >= 0.3 is 12.2 Å². The molecule has 3 amide bonds. The van der Waals surface area contributed by atoms with Crippen molar-refractivity contribution in [2.24, 2.45) is 7.05 Å². The van der Waals surface area contributed by atoms with Gasteiger partial charge in [-0.25, -0.2) is 9.78 Å². The molecule has 4 heterocycles. The minimum atomic E-state index is -4.46. The van der Waals surface area contributed by atoms with Crippen molar-refractivity contribution < 1.29 is 37.0 Å². The molecule has 1 fully saturated rings. The molecule has 2 aliphatic heterocycles. The van der Waals surface area contributed by atoms with Crippen LogP contribution in [0.2, 0.25) is 0 Å². The molecule has 266 valence electrons. The molecule has 7 rings (SSSR count). The van der Waals surface area contributed by atoms with E-state index in [4.69, 9.17) is 14.2 Å². The highest BCUT2D eigenvalue weighted by Crippen LogP contribution is 2.33. The molecule has 1 N–H and O–H groups in total. The lowest BCUT2D eigenvalue weighted by Gasteiger charge is -2.34. The number of alkyl halides is 3. The Kier molecular flexibility index (Phi) is 9.99. The predicted molar refractivity (Wildman–Crippen MR) is 187 cm³/mol. The van der Waals surface area contributed by atoms with E-state index in [1.54, 1.807) is 18.2 Å². The molecule has 0 saturated carbocycles. The van der Waals surface area contributed by atoms with Gasteiger partial charge in [-0.1, -0.05) is 6.07 Å². The fourth-order valence-corrected chi connectivity index (χ4v) is 5.98. The third-order valence-electron chi connectivity index (χ3n) is 8.83. The topological polar surface area (TPSA) is 101 Å². The Labute approximate surface area is 297 Å². The zero-order valence-corrected chi connectivity index (χ0v) is 28.5. The standard InChI is InChI=1S/C36H33F3N6O5.ClH/c1-42(35(47)41-26-6-4-25(5-7-26)36(37,38)39)27-8-12-33(40-20-27)50-28-9-10-29-24(18-28)19-30(43(29)2)34(46)45-15-13-44(14-16-45)21-23-3-11-31-32(17-23)49-22-48-31;/h3-12,17-20H,13-16,21-22H2,1-2H3,(H,41,47);1H. The molecule has 5 aromatic rings. The number of hydrogen-bond donors (Lipinski definition) is 1. The normalized spacial score (nSPS) is 14.3. The van der Waals surface area contributed by atoms with E-state index >= 15 is 0 Å². The molecule has 2 aliphatic rings. The minimum Gasteiger partial charge on any atom is -0.454 e. The van der Waals surface area contributed by atoms with Gasteiger partial charge in [0, 0.05) is 69.5 Å². The van der Waals surface area contributed by atoms with Crippen LogP contribution in [0.15, 0.2) is 85.1 Å². The number of halogens is 4. The number of carbonyl (C=O) groups is 2. The summed E-state index contributed by atoms with van der Waals surface area (Å²) in [6.07, 6.45) is -3.01. The second kappa shape index (κ2) is 14.4. The Hall–Kier alpha value is -5.47. The number of rotatable bonds is 7. The zero-order valence-electron chi connectivity index (χ0n) is 27.6. The molecule has 2 aromatic heterocycles. The highest BCUT2D eigenvalue weighted by Gasteiger charge is 2.30. The number of carbonyl (C=O) groups excluding carboxylic acids is 2. The Morgan fingerprint density at radius 3 is 2.37 bits per heavy atom. The van der Waals surface area contributed by atoms with Crippen molar-refractivity contribution in [3.8, 4) is 23.1 Å². The molecule has 0 atom stereocenters. The highest BCUT2D eigenvalue weighted by molar-refractivity contribution is 6.01. The van der Waals surface area contributed by atoms with Crippen molar-refractivity contribution in [1.82, 2.24) is 19.4 Å². The van der Waals surface area contributed by atoms with Gasteiger partial charge in [-0.15, -0.1) is 12.4 Å². The minimum absolute atomic E-state index is 0. The van der Waals surface area contributed by atoms with Crippen LogP contribution in [0.4, 0.5) is 29.3 Å². The summed E-state index contributed by atoms with van der Waals surface area (Å²) in [6.45, 7) is 3.77. The number of piperazine rings is 1. The van der Waals surface area contributed by atoms with E-state index in [1.165, 1.54) is 30.3 Å². The second-order valence-corrected chi connectivity index (χ2v) is 12.1. The van der Waals surface area contributed by atoms with Crippen LogP contribution < -0.4 is 24.4 Å². The molecule has 0 radical (unpaired) electrons. The number of nitrogens with zero attached hydrogens (tertiary/aromatic N) is 5. The second-order valence-electron chi connectivity index (χ2n) is 12.1. The summed E-state index contributed by atoms with van der Waals surface area (Å²) in [5.41, 5.74) is 2.47. The van der Waals surface area contributed by atoms with Gasteiger partial charge in [0.25, 0.3) is 5.91 Å². The molecule has 51 heavy (non-hydrogen) atoms. The lowest BCUT2D eigenvalue weighted by molar-refractivity contribution is -0.137. The maximum atomic E-state index is 13.6. The number of hydrogen-bond acceptors (Lipinski definition) is 7. The van der Waals surface area contributed by atoms with E-state index in [1.807, 2.05) is 52.9 Å². The van der Waals surface area contributed by atoms with Crippen LogP contribution in [0, 0.1) is 0 Å². The SMILES string of the molecule is CN(C(=O)Nc1ccc(C(F)(F)F)cc1)c1ccc(Oc2ccc3c(c2)cc(C(=O)N2CCN(Cc4ccc5c(c4)OCO5)CC2)n3C)nc1.Cl. The quantitative estimate of drug-likeness (QED) is 0.190. The maximum absolute atomic E-state index is 13.6. The Morgan fingerprint density at radius 1 is 0.922 bits per heavy atom. The molecular weight excluding hydrogens is 689 g/mol. The molecular formula is C36H34ClF3N6O5. The molecule has 0 spiro atoms. The van der Waals surface area contributed by atoms with E-state index in [-0.39, 0.29) is 36.7 Å². The molecule has 0 aliphatic carbocycles. The lowest BCUT2D eigenvalue weighted by atomic mass is 10.1. The number of aromatic nitrogens is 2. The summed E-state index contributed by atoms with van der Waals surface area (Å²) in [6, 6.07) is 20.3. The summed E-state index contributed by atoms with van der Waals surface area (Å²) < 4.78 is 57.3. The number of aryl methyl sites for hydroxylation is 1. The van der Waals surface area contributed by atoms with Gasteiger partial charge in [-0.3, -0.25) is 14.6 Å². The van der Waals surface area contributed by atoms with E-state index in [0.717, 1.165) is 59.7 Å². The number of nitrogens with one attached hydrogen (secondary N) is 1. The molecule has 15 heteroatoms. The van der Waals surface area contributed by atoms with Crippen LogP contribution in [-0.4, -0.2) is 71.3 Å². The summed E-state index contributed by atoms with van der Waals surface area (Å²) in [4.78, 5) is 36.1. The van der Waals surface area contributed by atoms with Crippen LogP contribution in [0.25, 0.3) is 10.9 Å². The third-order valence-corrected chi connectivity index (χ3v) is 8.83. The van der Waals surface area contributed by atoms with Crippen molar-refractivity contribution in [3.63, 3.8) is 0 Å². The Bertz CT molecular complexity index is 2050. The van der Waals surface area contributed by atoms with Crippen LogP contribution >= 0.6 is 12.4 Å². The molecule has 11 nitrogen and oxygen atoms in total. The summed E-state index contributed by atoms with van der Waals surface area (Å²) in [5.74, 6) is 2.31. The first-order valence-corrected chi connectivity index (χ1v) is 15.9. The van der Waals surface area contributed by atoms with Gasteiger partial charge in [0.05, 0.1) is 17.4 Å². The fourth-order valence-electron chi connectivity index (χ4n) is 5.98. The lowest BCUT2D eigenvalue weighted by Crippen LogP contribution is -2.48. The van der Waals surface area contributed by atoms with Gasteiger partial charge in [0.1, 0.15) is 11.4 Å². The molecule has 0 unspecified atom stereocenters. The van der Waals surface area contributed by atoms with Crippen LogP contribution in [0.1, 0.15) is 21.6 Å². The number of fused-ring (bicyclic) bond motifs is 2. The largest absolute Gasteiger partial charge is 0.454 e. The molecule has 0 bridgehead atoms. The molecule has 1 saturated heterocycles. The highest BCUT2D eigenvalue weighted by atomic mass is 35.5. The number of amides is 3. The van der Waals surface area contributed by atoms with Crippen molar-refractivity contribution in [3.05, 3.63) is 102 Å². The average Bonchev–Trinajstić information content (AvgIpc) is 3.71. The van der Waals surface area contributed by atoms with Crippen LogP contribution in [0.3, 0.4) is 0 Å². The number of urea groups is 1. The number of ether oxygens (including phenoxy) is 3. The summed E-state index contributed by atoms with van der Waals surface area (Å²) in [5, 5.41) is 3.40. The smallest absolute Gasteiger partial charge is 0.416 e. The Balaban J connectivity index is 0.00000448. The third kappa shape index (κ3) is 7.66. The first-order valence-electron chi connectivity index (χ1n) is 15.9. The first-order chi connectivity index (χ1) is 24.0. The first kappa shape index (κ1) is 35.4. The van der Waals surface area contributed by atoms with E-state index in [9.17, 15) is 22.8 Å².